The molecule has 0 N–H and O–H groups in total. The third kappa shape index (κ3) is 4.33. The van der Waals surface area contributed by atoms with Crippen molar-refractivity contribution in [3.8, 4) is 17.4 Å². The number of nitrogens with zero attached hydrogens (tertiary/aromatic N) is 4. The number of carbonyl (C=O) groups excluding carboxylic acids is 1. The molecule has 170 valence electrons. The summed E-state index contributed by atoms with van der Waals surface area (Å²) in [6.45, 7) is 2.78. The average Bonchev–Trinajstić information content (AvgIpc) is 3.39. The van der Waals surface area contributed by atoms with Crippen LogP contribution < -0.4 is 14.4 Å². The molecule has 1 amide bonds. The van der Waals surface area contributed by atoms with Crippen molar-refractivity contribution in [3.63, 3.8) is 0 Å². The summed E-state index contributed by atoms with van der Waals surface area (Å²) < 4.78 is 11.8. The van der Waals surface area contributed by atoms with Gasteiger partial charge in [0.05, 0.1) is 35.5 Å². The van der Waals surface area contributed by atoms with Gasteiger partial charge < -0.3 is 19.3 Å². The molecule has 2 aromatic carbocycles. The van der Waals surface area contributed by atoms with E-state index >= 15 is 0 Å². The molecule has 0 aliphatic carbocycles. The first kappa shape index (κ1) is 21.5. The Morgan fingerprint density at radius 1 is 0.970 bits per heavy atom. The Kier molecular flexibility index (Phi) is 6.05. The second-order valence-corrected chi connectivity index (χ2v) is 8.56. The monoisotopic (exact) mass is 464 g/mol. The third-order valence-corrected chi connectivity index (χ3v) is 6.40. The summed E-state index contributed by atoms with van der Waals surface area (Å²) in [5.41, 5.74) is 2.22. The number of amides is 1. The first-order valence-corrected chi connectivity index (χ1v) is 11.5. The number of hydrogen-bond donors (Lipinski definition) is 0. The highest BCUT2D eigenvalue weighted by Crippen LogP contribution is 2.36. The summed E-state index contributed by atoms with van der Waals surface area (Å²) in [6, 6.07) is 14.6. The largest absolute Gasteiger partial charge is 0.493 e. The number of hydrogen-bond acceptors (Lipinski definition) is 6. The zero-order chi connectivity index (χ0) is 22.8. The molecular weight excluding hydrogens is 440 g/mol. The van der Waals surface area contributed by atoms with Crippen LogP contribution in [0.25, 0.3) is 0 Å². The van der Waals surface area contributed by atoms with Gasteiger partial charge >= 0.3 is 0 Å². The van der Waals surface area contributed by atoms with E-state index < -0.39 is 0 Å². The van der Waals surface area contributed by atoms with E-state index in [0.717, 1.165) is 37.2 Å². The highest BCUT2D eigenvalue weighted by Gasteiger charge is 2.29. The predicted molar refractivity (Wildman–Crippen MR) is 126 cm³/mol. The zero-order valence-corrected chi connectivity index (χ0v) is 19.2. The normalized spacial score (nSPS) is 15.3. The molecule has 0 atom stereocenters. The van der Waals surface area contributed by atoms with E-state index in [1.54, 1.807) is 24.1 Å². The van der Waals surface area contributed by atoms with Crippen LogP contribution in [0.4, 0.5) is 5.95 Å². The lowest BCUT2D eigenvalue weighted by Gasteiger charge is -2.30. The molecule has 7 nitrogen and oxygen atoms in total. The molecule has 5 rings (SSSR count). The summed E-state index contributed by atoms with van der Waals surface area (Å²) in [7, 11) is 1.61. The maximum absolute atomic E-state index is 13.2. The summed E-state index contributed by atoms with van der Waals surface area (Å²) in [5.74, 6) is 2.22. The Balaban J connectivity index is 1.51. The van der Waals surface area contributed by atoms with Crippen LogP contribution in [0.2, 0.25) is 5.02 Å². The van der Waals surface area contributed by atoms with Crippen LogP contribution in [0.5, 0.6) is 17.4 Å². The Labute approximate surface area is 197 Å². The van der Waals surface area contributed by atoms with Crippen LogP contribution in [0.3, 0.4) is 0 Å². The second kappa shape index (κ2) is 9.27. The van der Waals surface area contributed by atoms with Crippen LogP contribution in [0, 0.1) is 0 Å². The molecule has 3 heterocycles. The zero-order valence-electron chi connectivity index (χ0n) is 18.5. The molecule has 0 unspecified atom stereocenters. The maximum atomic E-state index is 13.2. The van der Waals surface area contributed by atoms with Gasteiger partial charge in [-0.25, -0.2) is 4.98 Å². The standard InChI is InChI=1S/C25H25ClN4O3/c1-32-21-10-4-5-11-22(21)33-23-18-16-30(24(31)17-8-2-3-9-19(17)26)15-12-20(18)27-25(28-23)29-13-6-7-14-29/h2-5,8-11H,6-7,12-16H2,1H3. The van der Waals surface area contributed by atoms with Gasteiger partial charge in [-0.3, -0.25) is 4.79 Å². The minimum absolute atomic E-state index is 0.113. The Morgan fingerprint density at radius 2 is 1.70 bits per heavy atom. The highest BCUT2D eigenvalue weighted by atomic mass is 35.5. The summed E-state index contributed by atoms with van der Waals surface area (Å²) in [5, 5.41) is 0.444. The van der Waals surface area contributed by atoms with Crippen molar-refractivity contribution in [3.05, 3.63) is 70.4 Å². The fourth-order valence-electron chi connectivity index (χ4n) is 4.30. The fourth-order valence-corrected chi connectivity index (χ4v) is 4.52. The predicted octanol–water partition coefficient (Wildman–Crippen LogP) is 4.73. The van der Waals surface area contributed by atoms with E-state index in [2.05, 4.69) is 4.90 Å². The van der Waals surface area contributed by atoms with E-state index in [-0.39, 0.29) is 5.91 Å². The van der Waals surface area contributed by atoms with Gasteiger partial charge in [0.25, 0.3) is 5.91 Å². The number of halogens is 1. The molecule has 0 radical (unpaired) electrons. The van der Waals surface area contributed by atoms with Gasteiger partial charge in [-0.15, -0.1) is 0 Å². The molecule has 0 spiro atoms. The van der Waals surface area contributed by atoms with E-state index in [0.29, 0.717) is 53.4 Å². The lowest BCUT2D eigenvalue weighted by atomic mass is 10.1. The molecule has 0 saturated carbocycles. The number of benzene rings is 2. The van der Waals surface area contributed by atoms with Gasteiger partial charge in [0, 0.05) is 26.1 Å². The molecule has 1 fully saturated rings. The first-order chi connectivity index (χ1) is 16.1. The Morgan fingerprint density at radius 3 is 2.45 bits per heavy atom. The van der Waals surface area contributed by atoms with Crippen LogP contribution in [0.15, 0.2) is 48.5 Å². The van der Waals surface area contributed by atoms with Gasteiger partial charge in [-0.1, -0.05) is 35.9 Å². The van der Waals surface area contributed by atoms with Crippen LogP contribution in [0.1, 0.15) is 34.5 Å². The topological polar surface area (TPSA) is 67.8 Å². The van der Waals surface area contributed by atoms with Gasteiger partial charge in [0.1, 0.15) is 0 Å². The van der Waals surface area contributed by atoms with Gasteiger partial charge in [-0.05, 0) is 37.1 Å². The summed E-state index contributed by atoms with van der Waals surface area (Å²) >= 11 is 6.29. The molecule has 2 aliphatic heterocycles. The number of rotatable bonds is 5. The van der Waals surface area contributed by atoms with E-state index in [4.69, 9.17) is 31.0 Å². The Bertz CT molecular complexity index is 1180. The smallest absolute Gasteiger partial charge is 0.255 e. The maximum Gasteiger partial charge on any atom is 0.255 e. The van der Waals surface area contributed by atoms with Crippen molar-refractivity contribution in [1.29, 1.82) is 0 Å². The van der Waals surface area contributed by atoms with Crippen LogP contribution in [-0.4, -0.2) is 47.5 Å². The number of fused-ring (bicyclic) bond motifs is 1. The number of carbonyl (C=O) groups is 1. The lowest BCUT2D eigenvalue weighted by molar-refractivity contribution is 0.0732. The first-order valence-electron chi connectivity index (χ1n) is 11.1. The lowest BCUT2D eigenvalue weighted by Crippen LogP contribution is -2.37. The van der Waals surface area contributed by atoms with Crippen molar-refractivity contribution in [2.45, 2.75) is 25.8 Å². The Hall–Kier alpha value is -3.32. The fraction of sp³-hybridized carbons (Fsp3) is 0.320. The van der Waals surface area contributed by atoms with Crippen LogP contribution in [-0.2, 0) is 13.0 Å². The van der Waals surface area contributed by atoms with Gasteiger partial charge in [0.2, 0.25) is 11.8 Å². The molecular formula is C25H25ClN4O3. The summed E-state index contributed by atoms with van der Waals surface area (Å²) in [6.07, 6.45) is 2.88. The van der Waals surface area contributed by atoms with Gasteiger partial charge in [-0.2, -0.15) is 4.98 Å². The molecule has 1 saturated heterocycles. The van der Waals surface area contributed by atoms with Gasteiger partial charge in [0.15, 0.2) is 11.5 Å². The average molecular weight is 465 g/mol. The molecule has 3 aromatic rings. The van der Waals surface area contributed by atoms with Crippen molar-refractivity contribution in [1.82, 2.24) is 14.9 Å². The molecule has 8 heteroatoms. The second-order valence-electron chi connectivity index (χ2n) is 8.16. The molecule has 0 bridgehead atoms. The minimum Gasteiger partial charge on any atom is -0.493 e. The van der Waals surface area contributed by atoms with Crippen molar-refractivity contribution in [2.75, 3.05) is 31.6 Å². The quantitative estimate of drug-likeness (QED) is 0.543. The van der Waals surface area contributed by atoms with Crippen molar-refractivity contribution < 1.29 is 14.3 Å². The minimum atomic E-state index is -0.113. The summed E-state index contributed by atoms with van der Waals surface area (Å²) in [4.78, 5) is 26.8. The van der Waals surface area contributed by atoms with E-state index in [1.807, 2.05) is 36.4 Å². The van der Waals surface area contributed by atoms with Crippen LogP contribution >= 0.6 is 11.6 Å². The van der Waals surface area contributed by atoms with E-state index in [9.17, 15) is 4.79 Å². The number of anilines is 1. The molecule has 1 aromatic heterocycles. The number of aromatic nitrogens is 2. The van der Waals surface area contributed by atoms with Crippen molar-refractivity contribution >= 4 is 23.5 Å². The van der Waals surface area contributed by atoms with Crippen molar-refractivity contribution in [2.24, 2.45) is 0 Å². The van der Waals surface area contributed by atoms with E-state index in [1.165, 1.54) is 0 Å². The highest BCUT2D eigenvalue weighted by molar-refractivity contribution is 6.33. The molecule has 33 heavy (non-hydrogen) atoms. The SMILES string of the molecule is COc1ccccc1Oc1nc(N2CCCC2)nc2c1CN(C(=O)c1ccccc1Cl)CC2. The number of methoxy groups -OCH3 is 1. The third-order valence-electron chi connectivity index (χ3n) is 6.07. The number of para-hydroxylation sites is 2. The molecule has 2 aliphatic rings. The number of ether oxygens (including phenoxy) is 2.